The molecule has 0 aliphatic carbocycles. The minimum Gasteiger partial charge on any atom is -0.339 e. The lowest BCUT2D eigenvalue weighted by atomic mass is 10.1. The van der Waals surface area contributed by atoms with Crippen LogP contribution in [0, 0.1) is 16.0 Å². The van der Waals surface area contributed by atoms with Crippen LogP contribution < -0.4 is 5.32 Å². The molecule has 0 radical (unpaired) electrons. The quantitative estimate of drug-likeness (QED) is 0.665. The van der Waals surface area contributed by atoms with Gasteiger partial charge in [0.05, 0.1) is 10.8 Å². The Kier molecular flexibility index (Phi) is 3.98. The number of nitro groups is 1. The first-order valence-electron chi connectivity index (χ1n) is 6.09. The van der Waals surface area contributed by atoms with Gasteiger partial charge in [-0.25, -0.2) is 4.98 Å². The molecule has 0 bridgehead atoms. The van der Waals surface area contributed by atoms with Gasteiger partial charge in [-0.2, -0.15) is 0 Å². The maximum absolute atomic E-state index is 12.0. The Bertz CT molecular complexity index is 556. The molecule has 2 rings (SSSR count). The van der Waals surface area contributed by atoms with Gasteiger partial charge in [0.15, 0.2) is 5.13 Å². The Morgan fingerprint density at radius 3 is 2.85 bits per heavy atom. The molecule has 20 heavy (non-hydrogen) atoms. The molecule has 108 valence electrons. The van der Waals surface area contributed by atoms with Crippen molar-refractivity contribution >= 4 is 33.3 Å². The highest BCUT2D eigenvalue weighted by atomic mass is 32.1. The molecule has 1 aliphatic rings. The van der Waals surface area contributed by atoms with Crippen LogP contribution in [0.25, 0.3) is 0 Å². The molecule has 0 aromatic carbocycles. The molecule has 1 atom stereocenters. The van der Waals surface area contributed by atoms with E-state index in [1.165, 1.54) is 0 Å². The summed E-state index contributed by atoms with van der Waals surface area (Å²) in [7, 11) is 0. The first-order valence-corrected chi connectivity index (χ1v) is 6.90. The van der Waals surface area contributed by atoms with Gasteiger partial charge in [-0.05, 0) is 25.2 Å². The molecular weight excluding hydrogens is 284 g/mol. The lowest BCUT2D eigenvalue weighted by Gasteiger charge is -2.20. The molecule has 0 unspecified atom stereocenters. The fourth-order valence-corrected chi connectivity index (χ4v) is 2.66. The number of anilines is 1. The summed E-state index contributed by atoms with van der Waals surface area (Å²) in [6, 6.07) is 0.0567. The molecule has 8 nitrogen and oxygen atoms in total. The van der Waals surface area contributed by atoms with E-state index < -0.39 is 10.8 Å². The van der Waals surface area contributed by atoms with Crippen LogP contribution in [0.4, 0.5) is 10.1 Å². The van der Waals surface area contributed by atoms with Crippen LogP contribution in [-0.2, 0) is 9.59 Å². The standard InChI is InChI=1S/C11H14N4O4S/c1-6(2)14-5-7(3-8(14)16)10(17)13-11-12-4-9(20-11)15(18)19/h4,6-7H,3,5H2,1-2H3,(H,12,13,17)/t7-/m0/s1. The van der Waals surface area contributed by atoms with Crippen molar-refractivity contribution in [2.75, 3.05) is 11.9 Å². The summed E-state index contributed by atoms with van der Waals surface area (Å²) in [6.07, 6.45) is 1.26. The van der Waals surface area contributed by atoms with E-state index in [1.807, 2.05) is 13.8 Å². The normalized spacial score (nSPS) is 18.6. The maximum Gasteiger partial charge on any atom is 0.345 e. The van der Waals surface area contributed by atoms with Gasteiger partial charge in [0, 0.05) is 19.0 Å². The molecule has 1 fully saturated rings. The SMILES string of the molecule is CC(C)N1C[C@@H](C(=O)Nc2ncc([N+](=O)[O-])s2)CC1=O. The van der Waals surface area contributed by atoms with Crippen molar-refractivity contribution in [3.63, 3.8) is 0 Å². The number of hydrogen-bond acceptors (Lipinski definition) is 6. The Morgan fingerprint density at radius 2 is 2.35 bits per heavy atom. The third kappa shape index (κ3) is 2.93. The van der Waals surface area contributed by atoms with Gasteiger partial charge in [-0.1, -0.05) is 0 Å². The summed E-state index contributed by atoms with van der Waals surface area (Å²) < 4.78 is 0. The van der Waals surface area contributed by atoms with E-state index in [0.29, 0.717) is 6.54 Å². The van der Waals surface area contributed by atoms with E-state index in [4.69, 9.17) is 0 Å². The zero-order chi connectivity index (χ0) is 14.9. The molecule has 1 aliphatic heterocycles. The predicted octanol–water partition coefficient (Wildman–Crippen LogP) is 1.25. The molecular formula is C11H14N4O4S. The number of nitrogens with one attached hydrogen (secondary N) is 1. The second-order valence-electron chi connectivity index (χ2n) is 4.79. The van der Waals surface area contributed by atoms with Gasteiger partial charge < -0.3 is 10.2 Å². The summed E-state index contributed by atoms with van der Waals surface area (Å²) in [5.74, 6) is -0.816. The number of amides is 2. The smallest absolute Gasteiger partial charge is 0.339 e. The lowest BCUT2D eigenvalue weighted by Crippen LogP contribution is -2.33. The molecule has 1 aromatic heterocycles. The number of nitrogens with zero attached hydrogens (tertiary/aromatic N) is 3. The first kappa shape index (κ1) is 14.4. The molecule has 0 spiro atoms. The van der Waals surface area contributed by atoms with Crippen LogP contribution in [0.3, 0.4) is 0 Å². The Labute approximate surface area is 118 Å². The third-order valence-electron chi connectivity index (χ3n) is 3.06. The molecule has 1 saturated heterocycles. The third-order valence-corrected chi connectivity index (χ3v) is 3.92. The largest absolute Gasteiger partial charge is 0.345 e. The summed E-state index contributed by atoms with van der Waals surface area (Å²) in [5, 5.41) is 13.1. The summed E-state index contributed by atoms with van der Waals surface area (Å²) in [5.41, 5.74) is 0. The van der Waals surface area contributed by atoms with Gasteiger partial charge in [-0.3, -0.25) is 19.7 Å². The van der Waals surface area contributed by atoms with Crippen molar-refractivity contribution in [3.05, 3.63) is 16.3 Å². The second-order valence-corrected chi connectivity index (χ2v) is 5.80. The van der Waals surface area contributed by atoms with Crippen LogP contribution >= 0.6 is 11.3 Å². The molecule has 1 aromatic rings. The van der Waals surface area contributed by atoms with Crippen molar-refractivity contribution in [2.24, 2.45) is 5.92 Å². The molecule has 2 heterocycles. The number of carbonyl (C=O) groups excluding carboxylic acids is 2. The van der Waals surface area contributed by atoms with Gasteiger partial charge in [0.25, 0.3) is 0 Å². The maximum atomic E-state index is 12.0. The predicted molar refractivity (Wildman–Crippen MR) is 72.4 cm³/mol. The average Bonchev–Trinajstić information content (AvgIpc) is 2.95. The zero-order valence-electron chi connectivity index (χ0n) is 11.0. The van der Waals surface area contributed by atoms with E-state index in [2.05, 4.69) is 10.3 Å². The molecule has 0 saturated carbocycles. The Morgan fingerprint density at radius 1 is 1.65 bits per heavy atom. The Balaban J connectivity index is 1.98. The van der Waals surface area contributed by atoms with E-state index in [-0.39, 0.29) is 34.4 Å². The summed E-state index contributed by atoms with van der Waals surface area (Å²) in [6.45, 7) is 4.15. The van der Waals surface area contributed by atoms with Crippen LogP contribution in [0.2, 0.25) is 0 Å². The van der Waals surface area contributed by atoms with Gasteiger partial charge >= 0.3 is 5.00 Å². The Hall–Kier alpha value is -2.03. The minimum absolute atomic E-state index is 0.0507. The van der Waals surface area contributed by atoms with E-state index in [0.717, 1.165) is 17.5 Å². The average molecular weight is 298 g/mol. The van der Waals surface area contributed by atoms with E-state index in [1.54, 1.807) is 4.90 Å². The fraction of sp³-hybridized carbons (Fsp3) is 0.545. The molecule has 9 heteroatoms. The molecule has 2 amide bonds. The van der Waals surface area contributed by atoms with Gasteiger partial charge in [-0.15, -0.1) is 0 Å². The number of carbonyl (C=O) groups is 2. The van der Waals surface area contributed by atoms with E-state index >= 15 is 0 Å². The highest BCUT2D eigenvalue weighted by Crippen LogP contribution is 2.27. The van der Waals surface area contributed by atoms with Crippen molar-refractivity contribution in [3.8, 4) is 0 Å². The fourth-order valence-electron chi connectivity index (χ4n) is 2.02. The van der Waals surface area contributed by atoms with Crippen LogP contribution in [0.15, 0.2) is 6.20 Å². The number of rotatable bonds is 4. The highest BCUT2D eigenvalue weighted by Gasteiger charge is 2.35. The summed E-state index contributed by atoms with van der Waals surface area (Å²) in [4.78, 5) is 39.1. The highest BCUT2D eigenvalue weighted by molar-refractivity contribution is 7.18. The number of hydrogen-bond donors (Lipinski definition) is 1. The van der Waals surface area contributed by atoms with E-state index in [9.17, 15) is 19.7 Å². The van der Waals surface area contributed by atoms with Crippen molar-refractivity contribution < 1.29 is 14.5 Å². The minimum atomic E-state index is -0.563. The van der Waals surface area contributed by atoms with Crippen molar-refractivity contribution in [2.45, 2.75) is 26.3 Å². The van der Waals surface area contributed by atoms with Crippen LogP contribution in [0.5, 0.6) is 0 Å². The first-order chi connectivity index (χ1) is 9.38. The van der Waals surface area contributed by atoms with Crippen molar-refractivity contribution in [1.29, 1.82) is 0 Å². The van der Waals surface area contributed by atoms with Crippen LogP contribution in [-0.4, -0.2) is 39.2 Å². The molecule has 1 N–H and O–H groups in total. The topological polar surface area (TPSA) is 105 Å². The number of likely N-dealkylation sites (tertiary alicyclic amines) is 1. The second kappa shape index (κ2) is 5.53. The van der Waals surface area contributed by atoms with Gasteiger partial charge in [0.2, 0.25) is 11.8 Å². The number of thiazole rings is 1. The number of aromatic nitrogens is 1. The van der Waals surface area contributed by atoms with Crippen molar-refractivity contribution in [1.82, 2.24) is 9.88 Å². The zero-order valence-corrected chi connectivity index (χ0v) is 11.8. The summed E-state index contributed by atoms with van der Waals surface area (Å²) >= 11 is 0.795. The van der Waals surface area contributed by atoms with Crippen LogP contribution in [0.1, 0.15) is 20.3 Å². The monoisotopic (exact) mass is 298 g/mol. The lowest BCUT2D eigenvalue weighted by molar-refractivity contribution is -0.380. The van der Waals surface area contributed by atoms with Gasteiger partial charge in [0.1, 0.15) is 6.20 Å².